The number of hydrogen-bond donors (Lipinski definition) is 2. The summed E-state index contributed by atoms with van der Waals surface area (Å²) < 4.78 is 5.60. The second kappa shape index (κ2) is 8.34. The summed E-state index contributed by atoms with van der Waals surface area (Å²) in [7, 11) is 0. The number of ether oxygens (including phenoxy) is 1. The largest absolute Gasteiger partial charge is 0.484 e. The summed E-state index contributed by atoms with van der Waals surface area (Å²) in [5.74, 6) is 0.118. The van der Waals surface area contributed by atoms with Crippen molar-refractivity contribution in [1.82, 2.24) is 5.32 Å². The minimum absolute atomic E-state index is 0.110. The molecule has 1 aliphatic carbocycles. The molecule has 0 bridgehead atoms. The fourth-order valence-electron chi connectivity index (χ4n) is 3.02. The fourth-order valence-corrected chi connectivity index (χ4v) is 3.02. The van der Waals surface area contributed by atoms with Gasteiger partial charge >= 0.3 is 0 Å². The predicted molar refractivity (Wildman–Crippen MR) is 102 cm³/mol. The number of aryl methyl sites for hydroxylation is 2. The van der Waals surface area contributed by atoms with Gasteiger partial charge in [0.05, 0.1) is 11.3 Å². The lowest BCUT2D eigenvalue weighted by Crippen LogP contribution is -2.26. The lowest BCUT2D eigenvalue weighted by molar-refractivity contribution is -0.118. The molecule has 0 aromatic heterocycles. The van der Waals surface area contributed by atoms with Crippen LogP contribution in [0.25, 0.3) is 0 Å². The van der Waals surface area contributed by atoms with Crippen LogP contribution in [-0.2, 0) is 17.6 Å². The number of benzene rings is 2. The van der Waals surface area contributed by atoms with Crippen molar-refractivity contribution in [2.75, 3.05) is 18.5 Å². The zero-order valence-corrected chi connectivity index (χ0v) is 14.6. The lowest BCUT2D eigenvalue weighted by Gasteiger charge is -2.12. The van der Waals surface area contributed by atoms with Crippen LogP contribution in [0.4, 0.5) is 5.69 Å². The van der Waals surface area contributed by atoms with E-state index < -0.39 is 0 Å². The van der Waals surface area contributed by atoms with Gasteiger partial charge in [-0.2, -0.15) is 0 Å². The number of anilines is 1. The van der Waals surface area contributed by atoms with Crippen molar-refractivity contribution in [2.24, 2.45) is 0 Å². The van der Waals surface area contributed by atoms with E-state index in [2.05, 4.69) is 23.3 Å². The van der Waals surface area contributed by atoms with Gasteiger partial charge in [0, 0.05) is 6.54 Å². The van der Waals surface area contributed by atoms with Crippen LogP contribution in [-0.4, -0.2) is 25.0 Å². The van der Waals surface area contributed by atoms with Crippen LogP contribution in [0, 0.1) is 0 Å². The quantitative estimate of drug-likeness (QED) is 0.754. The Balaban J connectivity index is 1.60. The first-order chi connectivity index (χ1) is 12.7. The van der Waals surface area contributed by atoms with Crippen molar-refractivity contribution in [3.8, 4) is 5.75 Å². The number of carbonyl (C=O) groups excluding carboxylic acids is 2. The van der Waals surface area contributed by atoms with Crippen molar-refractivity contribution < 1.29 is 14.3 Å². The normalized spacial score (nSPS) is 12.2. The van der Waals surface area contributed by atoms with E-state index in [0.717, 1.165) is 12.8 Å². The van der Waals surface area contributed by atoms with Gasteiger partial charge in [0.2, 0.25) is 0 Å². The molecular formula is C21H22N2O3. The lowest BCUT2D eigenvalue weighted by atomic mass is 10.1. The molecule has 0 radical (unpaired) electrons. The van der Waals surface area contributed by atoms with Gasteiger partial charge < -0.3 is 15.4 Å². The molecule has 0 aliphatic heterocycles. The highest BCUT2D eigenvalue weighted by Gasteiger charge is 2.14. The van der Waals surface area contributed by atoms with E-state index in [1.165, 1.54) is 17.5 Å². The van der Waals surface area contributed by atoms with Crippen molar-refractivity contribution in [2.45, 2.75) is 19.3 Å². The average molecular weight is 350 g/mol. The molecule has 2 N–H and O–H groups in total. The van der Waals surface area contributed by atoms with Crippen LogP contribution < -0.4 is 15.4 Å². The van der Waals surface area contributed by atoms with E-state index in [0.29, 0.717) is 23.5 Å². The van der Waals surface area contributed by atoms with Gasteiger partial charge in [-0.05, 0) is 54.7 Å². The second-order valence-corrected chi connectivity index (χ2v) is 6.17. The number of rotatable bonds is 7. The molecule has 3 rings (SSSR count). The summed E-state index contributed by atoms with van der Waals surface area (Å²) in [6.45, 7) is 3.82. The molecule has 1 aliphatic rings. The van der Waals surface area contributed by atoms with E-state index in [9.17, 15) is 9.59 Å². The molecule has 0 heterocycles. The van der Waals surface area contributed by atoms with Crippen LogP contribution in [0.3, 0.4) is 0 Å². The summed E-state index contributed by atoms with van der Waals surface area (Å²) in [6.07, 6.45) is 4.94. The zero-order chi connectivity index (χ0) is 18.4. The highest BCUT2D eigenvalue weighted by molar-refractivity contribution is 6.04. The van der Waals surface area contributed by atoms with Crippen molar-refractivity contribution in [3.63, 3.8) is 0 Å². The topological polar surface area (TPSA) is 67.4 Å². The van der Waals surface area contributed by atoms with Crippen LogP contribution in [0.15, 0.2) is 55.1 Å². The maximum atomic E-state index is 12.2. The highest BCUT2D eigenvalue weighted by atomic mass is 16.5. The van der Waals surface area contributed by atoms with Gasteiger partial charge in [-0.3, -0.25) is 9.59 Å². The van der Waals surface area contributed by atoms with Crippen molar-refractivity contribution in [1.29, 1.82) is 0 Å². The van der Waals surface area contributed by atoms with Gasteiger partial charge in [-0.15, -0.1) is 6.58 Å². The third kappa shape index (κ3) is 4.30. The third-order valence-corrected chi connectivity index (χ3v) is 4.29. The zero-order valence-electron chi connectivity index (χ0n) is 14.6. The molecule has 2 amide bonds. The number of amides is 2. The molecule has 134 valence electrons. The van der Waals surface area contributed by atoms with Gasteiger partial charge in [-0.1, -0.05) is 24.3 Å². The molecule has 0 unspecified atom stereocenters. The number of carbonyl (C=O) groups is 2. The van der Waals surface area contributed by atoms with Gasteiger partial charge in [-0.25, -0.2) is 0 Å². The molecule has 0 spiro atoms. The molecule has 0 fully saturated rings. The smallest absolute Gasteiger partial charge is 0.262 e. The van der Waals surface area contributed by atoms with E-state index in [-0.39, 0.29) is 18.4 Å². The van der Waals surface area contributed by atoms with Gasteiger partial charge in [0.1, 0.15) is 5.75 Å². The first-order valence-corrected chi connectivity index (χ1v) is 8.70. The maximum Gasteiger partial charge on any atom is 0.262 e. The van der Waals surface area contributed by atoms with Crippen LogP contribution in [0.1, 0.15) is 27.9 Å². The summed E-state index contributed by atoms with van der Waals surface area (Å²) >= 11 is 0. The summed E-state index contributed by atoms with van der Waals surface area (Å²) in [5.41, 5.74) is 3.52. The van der Waals surface area contributed by atoms with E-state index >= 15 is 0 Å². The van der Waals surface area contributed by atoms with E-state index in [1.54, 1.807) is 30.3 Å². The Morgan fingerprint density at radius 3 is 2.77 bits per heavy atom. The molecular weight excluding hydrogens is 328 g/mol. The Labute approximate surface area is 153 Å². The van der Waals surface area contributed by atoms with Crippen LogP contribution >= 0.6 is 0 Å². The average Bonchev–Trinajstić information content (AvgIpc) is 3.12. The first-order valence-electron chi connectivity index (χ1n) is 8.70. The molecule has 26 heavy (non-hydrogen) atoms. The summed E-state index contributed by atoms with van der Waals surface area (Å²) in [6, 6.07) is 12.8. The first kappa shape index (κ1) is 17.7. The van der Waals surface area contributed by atoms with E-state index in [4.69, 9.17) is 4.74 Å². The maximum absolute atomic E-state index is 12.2. The second-order valence-electron chi connectivity index (χ2n) is 6.17. The minimum atomic E-state index is -0.311. The minimum Gasteiger partial charge on any atom is -0.484 e. The van der Waals surface area contributed by atoms with Crippen LogP contribution in [0.5, 0.6) is 5.75 Å². The Morgan fingerprint density at radius 2 is 1.92 bits per heavy atom. The van der Waals surface area contributed by atoms with Gasteiger partial charge in [0.15, 0.2) is 6.61 Å². The molecule has 5 heteroatoms. The van der Waals surface area contributed by atoms with Gasteiger partial charge in [0.25, 0.3) is 11.8 Å². The Kier molecular flexibility index (Phi) is 5.69. The summed E-state index contributed by atoms with van der Waals surface area (Å²) in [5, 5.41) is 5.44. The fraction of sp³-hybridized carbons (Fsp3) is 0.238. The molecule has 2 aromatic carbocycles. The number of fused-ring (bicyclic) bond motifs is 1. The Hall–Kier alpha value is -3.08. The highest BCUT2D eigenvalue weighted by Crippen LogP contribution is 2.26. The molecule has 0 saturated carbocycles. The SMILES string of the molecule is C=CCNC(=O)c1ccccc1NC(=O)COc1ccc2c(c1)CCC2. The predicted octanol–water partition coefficient (Wildman–Crippen LogP) is 3.11. The Bertz CT molecular complexity index is 830. The number of hydrogen-bond acceptors (Lipinski definition) is 3. The summed E-state index contributed by atoms with van der Waals surface area (Å²) in [4.78, 5) is 24.4. The third-order valence-electron chi connectivity index (χ3n) is 4.29. The van der Waals surface area contributed by atoms with E-state index in [1.807, 2.05) is 12.1 Å². The molecule has 0 atom stereocenters. The number of nitrogens with one attached hydrogen (secondary N) is 2. The van der Waals surface area contributed by atoms with Crippen molar-refractivity contribution >= 4 is 17.5 Å². The number of para-hydroxylation sites is 1. The molecule has 0 saturated heterocycles. The molecule has 5 nitrogen and oxygen atoms in total. The monoisotopic (exact) mass is 350 g/mol. The molecule has 2 aromatic rings. The van der Waals surface area contributed by atoms with Crippen LogP contribution in [0.2, 0.25) is 0 Å². The standard InChI is InChI=1S/C21H22N2O3/c1-2-12-22-21(25)18-8-3-4-9-19(18)23-20(24)14-26-17-11-10-15-6-5-7-16(15)13-17/h2-4,8-11,13H,1,5-7,12,14H2,(H,22,25)(H,23,24). The van der Waals surface area contributed by atoms with Crippen molar-refractivity contribution in [3.05, 3.63) is 71.8 Å². The Morgan fingerprint density at radius 1 is 1.12 bits per heavy atom.